The second-order valence-corrected chi connectivity index (χ2v) is 8.70. The Morgan fingerprint density at radius 1 is 1.10 bits per heavy atom. The molecule has 3 aliphatic carbocycles. The van der Waals surface area contributed by atoms with Gasteiger partial charge in [0.1, 0.15) is 0 Å². The molecule has 4 rings (SSSR count). The number of likely N-dealkylation sites (N-methyl/N-ethyl adjacent to an activating group) is 1. The minimum Gasteiger partial charge on any atom is -0.338 e. The van der Waals surface area contributed by atoms with E-state index in [1.165, 1.54) is 44.9 Å². The molecule has 1 unspecified atom stereocenters. The van der Waals surface area contributed by atoms with Crippen molar-refractivity contribution in [2.45, 2.75) is 64.8 Å². The molecule has 4 aliphatic rings. The maximum absolute atomic E-state index is 12.0. The first-order valence-electron chi connectivity index (χ1n) is 8.92. The molecule has 1 aliphatic heterocycles. The summed E-state index contributed by atoms with van der Waals surface area (Å²) in [5.41, 5.74) is 0.847. The molecule has 1 heterocycles. The molecule has 0 radical (unpaired) electrons. The van der Waals surface area contributed by atoms with Gasteiger partial charge < -0.3 is 4.90 Å². The summed E-state index contributed by atoms with van der Waals surface area (Å²) in [6.07, 6.45) is 13.8. The fraction of sp³-hybridized carbons (Fsp3) is 0.842. The molecule has 2 heteroatoms. The second kappa shape index (κ2) is 4.36. The van der Waals surface area contributed by atoms with Gasteiger partial charge in [-0.1, -0.05) is 26.3 Å². The summed E-state index contributed by atoms with van der Waals surface area (Å²) < 4.78 is 0. The van der Waals surface area contributed by atoms with Gasteiger partial charge in [0.25, 0.3) is 0 Å². The van der Waals surface area contributed by atoms with E-state index in [9.17, 15) is 4.79 Å². The number of fused-ring (bicyclic) bond motifs is 5. The molecule has 0 aromatic rings. The highest BCUT2D eigenvalue weighted by Gasteiger charge is 2.57. The van der Waals surface area contributed by atoms with E-state index in [1.807, 2.05) is 18.0 Å². The summed E-state index contributed by atoms with van der Waals surface area (Å²) in [5.74, 6) is 2.85. The van der Waals surface area contributed by atoms with Gasteiger partial charge in [-0.2, -0.15) is 0 Å². The Kier molecular flexibility index (Phi) is 2.88. The predicted molar refractivity (Wildman–Crippen MR) is 84.7 cm³/mol. The molecule has 0 bridgehead atoms. The molecule has 0 aromatic heterocycles. The summed E-state index contributed by atoms with van der Waals surface area (Å²) in [4.78, 5) is 14.1. The lowest BCUT2D eigenvalue weighted by molar-refractivity contribution is -0.138. The molecular weight excluding hydrogens is 258 g/mol. The maximum Gasteiger partial charge on any atom is 0.246 e. The summed E-state index contributed by atoms with van der Waals surface area (Å²) in [7, 11) is 2.01. The fourth-order valence-electron chi connectivity index (χ4n) is 6.73. The smallest absolute Gasteiger partial charge is 0.246 e. The van der Waals surface area contributed by atoms with Crippen molar-refractivity contribution in [2.24, 2.45) is 28.6 Å². The van der Waals surface area contributed by atoms with Crippen molar-refractivity contribution >= 4 is 5.91 Å². The average molecular weight is 287 g/mol. The molecule has 21 heavy (non-hydrogen) atoms. The van der Waals surface area contributed by atoms with Crippen LogP contribution in [-0.2, 0) is 4.79 Å². The monoisotopic (exact) mass is 287 g/mol. The van der Waals surface area contributed by atoms with E-state index in [0.717, 1.165) is 17.8 Å². The van der Waals surface area contributed by atoms with E-state index in [4.69, 9.17) is 0 Å². The number of amides is 1. The first-order chi connectivity index (χ1) is 9.96. The highest BCUT2D eigenvalue weighted by molar-refractivity contribution is 5.89. The average Bonchev–Trinajstić information content (AvgIpc) is 2.85. The van der Waals surface area contributed by atoms with Gasteiger partial charge >= 0.3 is 0 Å². The van der Waals surface area contributed by atoms with E-state index in [1.54, 1.807) is 0 Å². The Bertz CT molecular complexity index is 498. The van der Waals surface area contributed by atoms with Crippen molar-refractivity contribution < 1.29 is 4.79 Å². The Hall–Kier alpha value is -0.790. The van der Waals surface area contributed by atoms with Crippen molar-refractivity contribution in [2.75, 3.05) is 7.05 Å². The number of rotatable bonds is 0. The van der Waals surface area contributed by atoms with Gasteiger partial charge in [-0.25, -0.2) is 0 Å². The van der Waals surface area contributed by atoms with E-state index in [2.05, 4.69) is 19.9 Å². The molecule has 0 N–H and O–H groups in total. The second-order valence-electron chi connectivity index (χ2n) is 8.70. The number of nitrogens with zero attached hydrogens (tertiary/aromatic N) is 1. The van der Waals surface area contributed by atoms with Crippen LogP contribution in [-0.4, -0.2) is 23.9 Å². The summed E-state index contributed by atoms with van der Waals surface area (Å²) in [5, 5.41) is 0. The van der Waals surface area contributed by atoms with Gasteiger partial charge in [0, 0.05) is 18.5 Å². The molecule has 6 atom stereocenters. The van der Waals surface area contributed by atoms with Gasteiger partial charge in [-0.05, 0) is 67.8 Å². The van der Waals surface area contributed by atoms with Crippen molar-refractivity contribution in [1.29, 1.82) is 0 Å². The zero-order chi connectivity index (χ0) is 14.8. The Labute approximate surface area is 129 Å². The number of hydrogen-bond acceptors (Lipinski definition) is 1. The quantitative estimate of drug-likeness (QED) is 0.659. The van der Waals surface area contributed by atoms with Crippen LogP contribution in [0.25, 0.3) is 0 Å². The van der Waals surface area contributed by atoms with Crippen LogP contribution < -0.4 is 0 Å². The van der Waals surface area contributed by atoms with Crippen LogP contribution in [0.5, 0.6) is 0 Å². The normalized spacial score (nSPS) is 52.3. The lowest BCUT2D eigenvalue weighted by atomic mass is 9.48. The zero-order valence-electron chi connectivity index (χ0n) is 13.8. The number of hydrogen-bond donors (Lipinski definition) is 0. The summed E-state index contributed by atoms with van der Waals surface area (Å²) in [6, 6.07) is 0.432. The predicted octanol–water partition coefficient (Wildman–Crippen LogP) is 4.02. The largest absolute Gasteiger partial charge is 0.338 e. The van der Waals surface area contributed by atoms with E-state index in [0.29, 0.717) is 11.5 Å². The van der Waals surface area contributed by atoms with Gasteiger partial charge in [0.2, 0.25) is 5.91 Å². The zero-order valence-corrected chi connectivity index (χ0v) is 13.8. The third kappa shape index (κ3) is 1.74. The first-order valence-corrected chi connectivity index (χ1v) is 8.92. The molecule has 1 amide bonds. The molecule has 116 valence electrons. The first kappa shape index (κ1) is 13.8. The summed E-state index contributed by atoms with van der Waals surface area (Å²) in [6.45, 7) is 4.99. The van der Waals surface area contributed by atoms with Crippen LogP contribution in [0, 0.1) is 28.6 Å². The highest BCUT2D eigenvalue weighted by atomic mass is 16.2. The third-order valence-corrected chi connectivity index (χ3v) is 7.91. The van der Waals surface area contributed by atoms with Gasteiger partial charge in [-0.3, -0.25) is 4.79 Å². The van der Waals surface area contributed by atoms with E-state index >= 15 is 0 Å². The molecular formula is C19H29NO. The van der Waals surface area contributed by atoms with Crippen LogP contribution in [0.4, 0.5) is 0 Å². The van der Waals surface area contributed by atoms with Crippen LogP contribution in [0.2, 0.25) is 0 Å². The van der Waals surface area contributed by atoms with Crippen molar-refractivity contribution in [3.8, 4) is 0 Å². The number of carbonyl (C=O) groups is 1. The van der Waals surface area contributed by atoms with E-state index in [-0.39, 0.29) is 11.3 Å². The Morgan fingerprint density at radius 2 is 1.90 bits per heavy atom. The van der Waals surface area contributed by atoms with E-state index < -0.39 is 0 Å². The van der Waals surface area contributed by atoms with Crippen LogP contribution in [0.15, 0.2) is 12.2 Å². The topological polar surface area (TPSA) is 20.3 Å². The molecule has 3 fully saturated rings. The third-order valence-electron chi connectivity index (χ3n) is 7.91. The molecule has 0 saturated heterocycles. The SMILES string of the molecule is CN1C(=O)C=C[C@@]2(C)C1CC[C@@H]1[C@H]2CC[C@]2(C)CCC[C@@H]12. The molecule has 0 spiro atoms. The Morgan fingerprint density at radius 3 is 2.71 bits per heavy atom. The molecule has 2 nitrogen and oxygen atoms in total. The molecule has 3 saturated carbocycles. The Balaban J connectivity index is 1.70. The minimum absolute atomic E-state index is 0.206. The van der Waals surface area contributed by atoms with Crippen LogP contribution >= 0.6 is 0 Å². The highest BCUT2D eigenvalue weighted by Crippen LogP contribution is 2.63. The van der Waals surface area contributed by atoms with Crippen molar-refractivity contribution in [3.63, 3.8) is 0 Å². The fourth-order valence-corrected chi connectivity index (χ4v) is 6.73. The summed E-state index contributed by atoms with van der Waals surface area (Å²) >= 11 is 0. The van der Waals surface area contributed by atoms with Gasteiger partial charge in [0.05, 0.1) is 0 Å². The lowest BCUT2D eigenvalue weighted by Crippen LogP contribution is -2.59. The van der Waals surface area contributed by atoms with Crippen molar-refractivity contribution in [1.82, 2.24) is 4.90 Å². The van der Waals surface area contributed by atoms with Crippen LogP contribution in [0.3, 0.4) is 0 Å². The number of carbonyl (C=O) groups excluding carboxylic acids is 1. The molecule has 0 aromatic carbocycles. The standard InChI is InChI=1S/C19H29NO/c1-18-10-4-5-14(18)13-6-7-16-19(2,15(13)8-11-18)12-9-17(21)20(16)3/h9,12-16H,4-8,10-11H2,1-3H3/t13-,14-,15+,16?,18-,19+/m0/s1. The lowest BCUT2D eigenvalue weighted by Gasteiger charge is -2.59. The minimum atomic E-state index is 0.206. The maximum atomic E-state index is 12.0. The van der Waals surface area contributed by atoms with Crippen molar-refractivity contribution in [3.05, 3.63) is 12.2 Å². The van der Waals surface area contributed by atoms with Gasteiger partial charge in [0.15, 0.2) is 0 Å². The van der Waals surface area contributed by atoms with Gasteiger partial charge in [-0.15, -0.1) is 0 Å². The van der Waals surface area contributed by atoms with Crippen LogP contribution in [0.1, 0.15) is 58.8 Å².